The van der Waals surface area contributed by atoms with Gasteiger partial charge in [0.25, 0.3) is 0 Å². The van der Waals surface area contributed by atoms with Crippen LogP contribution in [0, 0.1) is 0 Å². The molecule has 0 bridgehead atoms. The fraction of sp³-hybridized carbons (Fsp3) is 0.571. The highest BCUT2D eigenvalue weighted by Gasteiger charge is 2.46. The number of aliphatic hydroxyl groups is 5. The molecular weight excluding hydrogens is 296 g/mol. The molecule has 0 spiro atoms. The maximum Gasteiger partial charge on any atom is 0.132 e. The fourth-order valence-corrected chi connectivity index (χ4v) is 3.30. The van der Waals surface area contributed by atoms with Crippen LogP contribution in [0.1, 0.15) is 5.56 Å². The van der Waals surface area contributed by atoms with Gasteiger partial charge < -0.3 is 30.3 Å². The summed E-state index contributed by atoms with van der Waals surface area (Å²) in [4.78, 5) is 0. The second-order valence-electron chi connectivity index (χ2n) is 4.99. The van der Waals surface area contributed by atoms with E-state index in [1.807, 2.05) is 30.3 Å². The first-order chi connectivity index (χ1) is 10.0. The van der Waals surface area contributed by atoms with Crippen molar-refractivity contribution in [1.82, 2.24) is 0 Å². The Kier molecular flexibility index (Phi) is 6.00. The molecule has 7 heteroatoms. The average molecular weight is 316 g/mol. The van der Waals surface area contributed by atoms with Gasteiger partial charge in [0.1, 0.15) is 36.0 Å². The van der Waals surface area contributed by atoms with Crippen LogP contribution in [0.3, 0.4) is 0 Å². The summed E-state index contributed by atoms with van der Waals surface area (Å²) in [6.45, 7) is -0.597. The first-order valence-corrected chi connectivity index (χ1v) is 7.73. The molecule has 6 atom stereocenters. The van der Waals surface area contributed by atoms with Crippen molar-refractivity contribution in [3.8, 4) is 0 Å². The standard InChI is InChI=1S/C14H20O6S/c15-6-9(16)13-11(18)10(17)12(19)14(20-13)21-7-8-4-2-1-3-5-8/h1-5,9-19H,6-7H2. The third-order valence-corrected chi connectivity index (χ3v) is 4.65. The van der Waals surface area contributed by atoms with Crippen LogP contribution in [-0.4, -0.2) is 68.1 Å². The van der Waals surface area contributed by atoms with Crippen LogP contribution in [0.25, 0.3) is 0 Å². The van der Waals surface area contributed by atoms with Gasteiger partial charge in [0.2, 0.25) is 0 Å². The van der Waals surface area contributed by atoms with Gasteiger partial charge in [0.05, 0.1) is 6.61 Å². The lowest BCUT2D eigenvalue weighted by Gasteiger charge is -2.41. The predicted octanol–water partition coefficient (Wildman–Crippen LogP) is -0.919. The fourth-order valence-electron chi connectivity index (χ4n) is 2.19. The topological polar surface area (TPSA) is 110 Å². The average Bonchev–Trinajstić information content (AvgIpc) is 2.52. The van der Waals surface area contributed by atoms with Crippen molar-refractivity contribution < 1.29 is 30.3 Å². The van der Waals surface area contributed by atoms with Crippen molar-refractivity contribution in [3.63, 3.8) is 0 Å². The molecule has 1 aliphatic rings. The van der Waals surface area contributed by atoms with E-state index < -0.39 is 42.6 Å². The molecule has 0 amide bonds. The molecule has 2 rings (SSSR count). The van der Waals surface area contributed by atoms with E-state index in [1.165, 1.54) is 11.8 Å². The molecular formula is C14H20O6S. The van der Waals surface area contributed by atoms with Crippen molar-refractivity contribution in [2.75, 3.05) is 6.61 Å². The molecule has 5 N–H and O–H groups in total. The van der Waals surface area contributed by atoms with E-state index in [0.29, 0.717) is 5.75 Å². The smallest absolute Gasteiger partial charge is 0.132 e. The predicted molar refractivity (Wildman–Crippen MR) is 77.5 cm³/mol. The molecule has 1 aromatic rings. The second-order valence-corrected chi connectivity index (χ2v) is 6.07. The summed E-state index contributed by atoms with van der Waals surface area (Å²) in [6.07, 6.45) is -6.60. The van der Waals surface area contributed by atoms with E-state index in [0.717, 1.165) is 5.56 Å². The number of rotatable bonds is 5. The highest BCUT2D eigenvalue weighted by atomic mass is 32.2. The molecule has 1 aliphatic heterocycles. The maximum atomic E-state index is 9.96. The zero-order chi connectivity index (χ0) is 15.4. The third kappa shape index (κ3) is 3.95. The number of thioether (sulfide) groups is 1. The Morgan fingerprint density at radius 1 is 1.05 bits per heavy atom. The Hall–Kier alpha value is -0.670. The van der Waals surface area contributed by atoms with Gasteiger partial charge in [-0.25, -0.2) is 0 Å². The molecule has 118 valence electrons. The van der Waals surface area contributed by atoms with E-state index in [1.54, 1.807) is 0 Å². The highest BCUT2D eigenvalue weighted by Crippen LogP contribution is 2.31. The van der Waals surface area contributed by atoms with Gasteiger partial charge in [-0.3, -0.25) is 0 Å². The van der Waals surface area contributed by atoms with Gasteiger partial charge in [-0.15, -0.1) is 11.8 Å². The van der Waals surface area contributed by atoms with Crippen molar-refractivity contribution in [1.29, 1.82) is 0 Å². The number of benzene rings is 1. The molecule has 6 nitrogen and oxygen atoms in total. The van der Waals surface area contributed by atoms with E-state index in [-0.39, 0.29) is 0 Å². The molecule has 1 aromatic carbocycles. The lowest BCUT2D eigenvalue weighted by molar-refractivity contribution is -0.224. The Balaban J connectivity index is 2.00. The lowest BCUT2D eigenvalue weighted by Crippen LogP contribution is -2.60. The summed E-state index contributed by atoms with van der Waals surface area (Å²) in [5.41, 5.74) is 0.230. The molecule has 0 radical (unpaired) electrons. The van der Waals surface area contributed by atoms with Crippen molar-refractivity contribution in [2.24, 2.45) is 0 Å². The minimum Gasteiger partial charge on any atom is -0.394 e. The first kappa shape index (κ1) is 16.7. The minimum atomic E-state index is -1.45. The summed E-state index contributed by atoms with van der Waals surface area (Å²) in [5.74, 6) is 0.549. The quantitative estimate of drug-likeness (QED) is 0.478. The molecule has 1 fully saturated rings. The summed E-state index contributed by atoms with van der Waals surface area (Å²) in [5, 5.41) is 48.2. The molecule has 21 heavy (non-hydrogen) atoms. The third-order valence-electron chi connectivity index (χ3n) is 3.43. The SMILES string of the molecule is OCC(O)C1OC(SCc2ccccc2)C(O)C(O)C1O. The Morgan fingerprint density at radius 2 is 1.71 bits per heavy atom. The summed E-state index contributed by atoms with van der Waals surface area (Å²) in [7, 11) is 0. The lowest BCUT2D eigenvalue weighted by atomic mass is 9.96. The van der Waals surface area contributed by atoms with Crippen LogP contribution < -0.4 is 0 Å². The van der Waals surface area contributed by atoms with E-state index in [9.17, 15) is 20.4 Å². The number of hydrogen-bond donors (Lipinski definition) is 5. The molecule has 0 aliphatic carbocycles. The van der Waals surface area contributed by atoms with Crippen LogP contribution in [0.4, 0.5) is 0 Å². The summed E-state index contributed by atoms with van der Waals surface area (Å²) < 4.78 is 5.45. The normalized spacial score (nSPS) is 34.6. The van der Waals surface area contributed by atoms with E-state index in [4.69, 9.17) is 9.84 Å². The van der Waals surface area contributed by atoms with Gasteiger partial charge in [-0.2, -0.15) is 0 Å². The molecule has 1 saturated heterocycles. The van der Waals surface area contributed by atoms with Crippen LogP contribution >= 0.6 is 11.8 Å². The van der Waals surface area contributed by atoms with Crippen molar-refractivity contribution >= 4 is 11.8 Å². The molecule has 0 aromatic heterocycles. The van der Waals surface area contributed by atoms with Crippen molar-refractivity contribution in [3.05, 3.63) is 35.9 Å². The summed E-state index contributed by atoms with van der Waals surface area (Å²) >= 11 is 1.26. The number of aliphatic hydroxyl groups excluding tert-OH is 5. The number of ether oxygens (including phenoxy) is 1. The van der Waals surface area contributed by atoms with Gasteiger partial charge in [0, 0.05) is 5.75 Å². The van der Waals surface area contributed by atoms with Crippen molar-refractivity contribution in [2.45, 2.75) is 41.7 Å². The highest BCUT2D eigenvalue weighted by molar-refractivity contribution is 7.99. The maximum absolute atomic E-state index is 9.96. The largest absolute Gasteiger partial charge is 0.394 e. The zero-order valence-electron chi connectivity index (χ0n) is 11.3. The van der Waals surface area contributed by atoms with Crippen LogP contribution in [-0.2, 0) is 10.5 Å². The van der Waals surface area contributed by atoms with Gasteiger partial charge in [-0.05, 0) is 5.56 Å². The zero-order valence-corrected chi connectivity index (χ0v) is 12.1. The van der Waals surface area contributed by atoms with Crippen LogP contribution in [0.15, 0.2) is 30.3 Å². The second kappa shape index (κ2) is 7.55. The Labute approximate surface area is 127 Å². The summed E-state index contributed by atoms with van der Waals surface area (Å²) in [6, 6.07) is 9.53. The van der Waals surface area contributed by atoms with E-state index in [2.05, 4.69) is 0 Å². The van der Waals surface area contributed by atoms with Gasteiger partial charge >= 0.3 is 0 Å². The molecule has 1 heterocycles. The Morgan fingerprint density at radius 3 is 2.33 bits per heavy atom. The molecule has 6 unspecified atom stereocenters. The molecule has 0 saturated carbocycles. The van der Waals surface area contributed by atoms with Gasteiger partial charge in [-0.1, -0.05) is 30.3 Å². The number of hydrogen-bond acceptors (Lipinski definition) is 7. The van der Waals surface area contributed by atoms with E-state index >= 15 is 0 Å². The van der Waals surface area contributed by atoms with Gasteiger partial charge in [0.15, 0.2) is 0 Å². The Bertz CT molecular complexity index is 431. The van der Waals surface area contributed by atoms with Crippen LogP contribution in [0.2, 0.25) is 0 Å². The monoisotopic (exact) mass is 316 g/mol. The van der Waals surface area contributed by atoms with Crippen LogP contribution in [0.5, 0.6) is 0 Å². The minimum absolute atomic E-state index is 0.549. The first-order valence-electron chi connectivity index (χ1n) is 6.68.